The smallest absolute Gasteiger partial charge is 0.780 e. The topological polar surface area (TPSA) is 0 Å². The van der Waals surface area contributed by atoms with E-state index < -0.39 is 0 Å². The molecule has 1 aromatic carbocycles. The van der Waals surface area contributed by atoms with E-state index in [1.54, 1.807) is 0 Å². The average molecular weight is 146 g/mol. The minimum absolute atomic E-state index is 0. The first kappa shape index (κ1) is 9.44. The summed E-state index contributed by atoms with van der Waals surface area (Å²) in [4.78, 5) is 0.921. The first-order valence-electron chi connectivity index (χ1n) is 2.53. The Labute approximate surface area is 83.4 Å². The Kier molecular flexibility index (Phi) is 4.50. The van der Waals surface area contributed by atoms with Crippen LogP contribution < -0.4 is 29.6 Å². The number of rotatable bonds is 0. The minimum atomic E-state index is 0. The Morgan fingerprint density at radius 2 is 2.00 bits per heavy atom. The maximum absolute atomic E-state index is 4.90. The molecule has 0 spiro atoms. The number of aryl methyl sites for hydroxylation is 1. The largest absolute Gasteiger partial charge is 1.00 e. The van der Waals surface area contributed by atoms with Crippen molar-refractivity contribution < 1.29 is 29.6 Å². The summed E-state index contributed by atoms with van der Waals surface area (Å²) in [5.41, 5.74) is 1.23. The molecule has 0 aliphatic heterocycles. The van der Waals surface area contributed by atoms with Crippen LogP contribution in [0.25, 0.3) is 0 Å². The van der Waals surface area contributed by atoms with Gasteiger partial charge in [0.25, 0.3) is 0 Å². The van der Waals surface area contributed by atoms with E-state index in [-0.39, 0.29) is 29.6 Å². The summed E-state index contributed by atoms with van der Waals surface area (Å²) in [5.74, 6) is 0. The quantitative estimate of drug-likeness (QED) is 0.331. The van der Waals surface area contributed by atoms with Gasteiger partial charge in [0.2, 0.25) is 0 Å². The standard InChI is InChI=1S/C7H8S.Na/c1-6-3-2-4-7(8)5-6;/h2-5,8H,1H3;/q;+1/p-1. The molecule has 0 nitrogen and oxygen atoms in total. The normalized spacial score (nSPS) is 8.11. The summed E-state index contributed by atoms with van der Waals surface area (Å²) in [5, 5.41) is 0. The molecule has 0 aliphatic rings. The SMILES string of the molecule is Cc1cccc([S-])c1.[Na+]. The van der Waals surface area contributed by atoms with Crippen LogP contribution in [0.4, 0.5) is 0 Å². The third-order valence-corrected chi connectivity index (χ3v) is 1.24. The summed E-state index contributed by atoms with van der Waals surface area (Å²) in [7, 11) is 0. The molecule has 0 N–H and O–H groups in total. The van der Waals surface area contributed by atoms with Gasteiger partial charge >= 0.3 is 29.6 Å². The molecule has 0 radical (unpaired) electrons. The number of benzene rings is 1. The van der Waals surface area contributed by atoms with Crippen LogP contribution in [-0.4, -0.2) is 0 Å². The van der Waals surface area contributed by atoms with Crippen molar-refractivity contribution in [3.63, 3.8) is 0 Å². The zero-order chi connectivity index (χ0) is 5.98. The summed E-state index contributed by atoms with van der Waals surface area (Å²) >= 11 is 4.90. The van der Waals surface area contributed by atoms with Crippen LogP contribution in [0.1, 0.15) is 5.56 Å². The van der Waals surface area contributed by atoms with Crippen LogP contribution in [0.5, 0.6) is 0 Å². The van der Waals surface area contributed by atoms with Gasteiger partial charge in [-0.25, -0.2) is 0 Å². The van der Waals surface area contributed by atoms with Gasteiger partial charge in [0.1, 0.15) is 0 Å². The van der Waals surface area contributed by atoms with Crippen molar-refractivity contribution in [2.45, 2.75) is 11.8 Å². The van der Waals surface area contributed by atoms with Gasteiger partial charge in [-0.15, -0.1) is 0 Å². The van der Waals surface area contributed by atoms with Crippen molar-refractivity contribution in [2.75, 3.05) is 0 Å². The first-order chi connectivity index (χ1) is 3.79. The summed E-state index contributed by atoms with van der Waals surface area (Å²) in [6.45, 7) is 2.04. The van der Waals surface area contributed by atoms with Crippen LogP contribution in [0.3, 0.4) is 0 Å². The summed E-state index contributed by atoms with van der Waals surface area (Å²) in [6, 6.07) is 7.91. The monoisotopic (exact) mass is 146 g/mol. The molecule has 0 unspecified atom stereocenters. The molecule has 0 saturated heterocycles. The van der Waals surface area contributed by atoms with E-state index in [1.807, 2.05) is 31.2 Å². The minimum Gasteiger partial charge on any atom is -0.780 e. The van der Waals surface area contributed by atoms with E-state index in [2.05, 4.69) is 0 Å². The van der Waals surface area contributed by atoms with Gasteiger partial charge in [-0.1, -0.05) is 29.8 Å². The Bertz CT molecular complexity index is 169. The second-order valence-corrected chi connectivity index (χ2v) is 2.29. The molecular formula is C7H7NaS. The molecule has 0 fully saturated rings. The van der Waals surface area contributed by atoms with Gasteiger partial charge in [0.15, 0.2) is 0 Å². The molecule has 1 aromatic rings. The van der Waals surface area contributed by atoms with Crippen molar-refractivity contribution in [1.82, 2.24) is 0 Å². The van der Waals surface area contributed by atoms with Crippen molar-refractivity contribution in [3.8, 4) is 0 Å². The molecule has 0 heterocycles. The van der Waals surface area contributed by atoms with Gasteiger partial charge in [-0.2, -0.15) is 4.90 Å². The van der Waals surface area contributed by atoms with E-state index in [4.69, 9.17) is 12.6 Å². The molecular weight excluding hydrogens is 139 g/mol. The second kappa shape index (κ2) is 4.29. The molecule has 2 heteroatoms. The fourth-order valence-corrected chi connectivity index (χ4v) is 0.880. The van der Waals surface area contributed by atoms with Crippen molar-refractivity contribution >= 4 is 12.6 Å². The Morgan fingerprint density at radius 1 is 1.33 bits per heavy atom. The van der Waals surface area contributed by atoms with E-state index >= 15 is 0 Å². The Hall–Kier alpha value is 0.440. The zero-order valence-electron chi connectivity index (χ0n) is 5.72. The average Bonchev–Trinajstić information content (AvgIpc) is 1.64. The van der Waals surface area contributed by atoms with Crippen LogP contribution in [0.2, 0.25) is 0 Å². The van der Waals surface area contributed by atoms with Crippen LogP contribution in [0, 0.1) is 6.92 Å². The van der Waals surface area contributed by atoms with E-state index in [1.165, 1.54) is 5.56 Å². The molecule has 0 saturated carbocycles. The summed E-state index contributed by atoms with van der Waals surface area (Å²) in [6.07, 6.45) is 0. The predicted molar refractivity (Wildman–Crippen MR) is 36.8 cm³/mol. The fourth-order valence-electron chi connectivity index (χ4n) is 0.615. The molecule has 0 atom stereocenters. The third kappa shape index (κ3) is 3.21. The van der Waals surface area contributed by atoms with Gasteiger partial charge in [-0.05, 0) is 6.92 Å². The molecule has 0 bridgehead atoms. The maximum Gasteiger partial charge on any atom is 1.00 e. The fraction of sp³-hybridized carbons (Fsp3) is 0.143. The van der Waals surface area contributed by atoms with E-state index in [0.29, 0.717) is 0 Å². The van der Waals surface area contributed by atoms with Crippen molar-refractivity contribution in [3.05, 3.63) is 29.8 Å². The molecule has 0 aliphatic carbocycles. The first-order valence-corrected chi connectivity index (χ1v) is 2.93. The second-order valence-electron chi connectivity index (χ2n) is 1.82. The van der Waals surface area contributed by atoms with Crippen molar-refractivity contribution in [2.24, 2.45) is 0 Å². The molecule has 0 amide bonds. The molecule has 0 aromatic heterocycles. The Balaban J connectivity index is 0.000000640. The Morgan fingerprint density at radius 3 is 2.33 bits per heavy atom. The van der Waals surface area contributed by atoms with Crippen LogP contribution in [-0.2, 0) is 12.6 Å². The molecule has 9 heavy (non-hydrogen) atoms. The van der Waals surface area contributed by atoms with E-state index in [0.717, 1.165) is 4.90 Å². The number of hydrogen-bond acceptors (Lipinski definition) is 1. The number of hydrogen-bond donors (Lipinski definition) is 0. The third-order valence-electron chi connectivity index (χ3n) is 0.990. The van der Waals surface area contributed by atoms with Gasteiger partial charge < -0.3 is 12.6 Å². The molecule has 42 valence electrons. The van der Waals surface area contributed by atoms with Gasteiger partial charge in [0, 0.05) is 0 Å². The van der Waals surface area contributed by atoms with Crippen LogP contribution >= 0.6 is 0 Å². The zero-order valence-corrected chi connectivity index (χ0v) is 8.53. The van der Waals surface area contributed by atoms with Gasteiger partial charge in [0.05, 0.1) is 0 Å². The van der Waals surface area contributed by atoms with Gasteiger partial charge in [-0.3, -0.25) is 0 Å². The van der Waals surface area contributed by atoms with E-state index in [9.17, 15) is 0 Å². The maximum atomic E-state index is 4.90. The molecule has 1 rings (SSSR count). The predicted octanol–water partition coefficient (Wildman–Crippen LogP) is -1.10. The van der Waals surface area contributed by atoms with Crippen molar-refractivity contribution in [1.29, 1.82) is 0 Å². The van der Waals surface area contributed by atoms with Crippen LogP contribution in [0.15, 0.2) is 29.2 Å². The summed E-state index contributed by atoms with van der Waals surface area (Å²) < 4.78 is 0.